The van der Waals surface area contributed by atoms with Crippen LogP contribution in [0.5, 0.6) is 0 Å². The second kappa shape index (κ2) is 7.27. The van der Waals surface area contributed by atoms with Gasteiger partial charge in [-0.05, 0) is 18.6 Å². The van der Waals surface area contributed by atoms with Gasteiger partial charge in [0.2, 0.25) is 5.91 Å². The lowest BCUT2D eigenvalue weighted by atomic mass is 10.00. The molecule has 140 valence electrons. The van der Waals surface area contributed by atoms with Gasteiger partial charge in [0.05, 0.1) is 0 Å². The Bertz CT molecular complexity index is 735. The largest absolute Gasteiger partial charge is 0.368 e. The highest BCUT2D eigenvalue weighted by Crippen LogP contribution is 2.21. The summed E-state index contributed by atoms with van der Waals surface area (Å²) in [5.74, 6) is -2.72. The van der Waals surface area contributed by atoms with Crippen LogP contribution in [0.15, 0.2) is 18.2 Å². The Labute approximate surface area is 149 Å². The Balaban J connectivity index is 1.53. The maximum Gasteiger partial charge on any atom is 0.322 e. The summed E-state index contributed by atoms with van der Waals surface area (Å²) < 4.78 is 26.4. The van der Waals surface area contributed by atoms with E-state index in [1.165, 1.54) is 6.07 Å². The van der Waals surface area contributed by atoms with Crippen LogP contribution in [0.1, 0.15) is 13.3 Å². The lowest BCUT2D eigenvalue weighted by molar-refractivity contribution is -0.135. The fourth-order valence-electron chi connectivity index (χ4n) is 3.26. The monoisotopic (exact) mass is 366 g/mol. The molecule has 0 bridgehead atoms. The standard InChI is InChI=1S/C17H20F2N4O3/c1-10(8-14-15(24)21-17(26)20-14)16(25)23-6-4-22(5-7-23)11-2-3-12(18)13(19)9-11/h2-3,9-10,14H,4-8H2,1H3,(H2,20,21,24,26)/t10-,14+/m0/s1. The third kappa shape index (κ3) is 3.76. The van der Waals surface area contributed by atoms with Gasteiger partial charge in [-0.1, -0.05) is 6.92 Å². The molecule has 2 atom stereocenters. The van der Waals surface area contributed by atoms with Crippen molar-refractivity contribution in [3.63, 3.8) is 0 Å². The quantitative estimate of drug-likeness (QED) is 0.774. The van der Waals surface area contributed by atoms with Crippen molar-refractivity contribution in [2.24, 2.45) is 5.92 Å². The van der Waals surface area contributed by atoms with Crippen LogP contribution in [-0.2, 0) is 9.59 Å². The van der Waals surface area contributed by atoms with Gasteiger partial charge in [0.15, 0.2) is 11.6 Å². The fraction of sp³-hybridized carbons (Fsp3) is 0.471. The van der Waals surface area contributed by atoms with E-state index in [2.05, 4.69) is 10.6 Å². The molecule has 2 fully saturated rings. The van der Waals surface area contributed by atoms with Crippen LogP contribution in [-0.4, -0.2) is 55.0 Å². The lowest BCUT2D eigenvalue weighted by Crippen LogP contribution is -2.50. The third-order valence-electron chi connectivity index (χ3n) is 4.73. The smallest absolute Gasteiger partial charge is 0.322 e. The van der Waals surface area contributed by atoms with Crippen LogP contribution < -0.4 is 15.5 Å². The van der Waals surface area contributed by atoms with E-state index in [-0.39, 0.29) is 12.3 Å². The number of carbonyl (C=O) groups is 3. The van der Waals surface area contributed by atoms with Crippen molar-refractivity contribution in [1.82, 2.24) is 15.5 Å². The normalized spacial score (nSPS) is 21.4. The topological polar surface area (TPSA) is 81.8 Å². The number of hydrogen-bond donors (Lipinski definition) is 2. The van der Waals surface area contributed by atoms with E-state index in [1.54, 1.807) is 11.8 Å². The fourth-order valence-corrected chi connectivity index (χ4v) is 3.26. The average molecular weight is 366 g/mol. The summed E-state index contributed by atoms with van der Waals surface area (Å²) in [6.45, 7) is 3.63. The summed E-state index contributed by atoms with van der Waals surface area (Å²) in [7, 11) is 0. The maximum atomic E-state index is 13.4. The van der Waals surface area contributed by atoms with Gasteiger partial charge < -0.3 is 15.1 Å². The van der Waals surface area contributed by atoms with Gasteiger partial charge >= 0.3 is 6.03 Å². The molecular weight excluding hydrogens is 346 g/mol. The molecule has 7 nitrogen and oxygen atoms in total. The van der Waals surface area contributed by atoms with E-state index >= 15 is 0 Å². The molecule has 0 spiro atoms. The second-order valence-electron chi connectivity index (χ2n) is 6.56. The van der Waals surface area contributed by atoms with Crippen molar-refractivity contribution in [2.45, 2.75) is 19.4 Å². The van der Waals surface area contributed by atoms with Crippen molar-refractivity contribution < 1.29 is 23.2 Å². The number of imide groups is 1. The van der Waals surface area contributed by atoms with E-state index < -0.39 is 35.5 Å². The van der Waals surface area contributed by atoms with E-state index in [4.69, 9.17) is 0 Å². The van der Waals surface area contributed by atoms with Gasteiger partial charge in [0, 0.05) is 43.9 Å². The van der Waals surface area contributed by atoms with Crippen molar-refractivity contribution in [2.75, 3.05) is 31.1 Å². The number of carbonyl (C=O) groups excluding carboxylic acids is 3. The second-order valence-corrected chi connectivity index (χ2v) is 6.56. The summed E-state index contributed by atoms with van der Waals surface area (Å²) in [5.41, 5.74) is 0.578. The number of nitrogens with zero attached hydrogens (tertiary/aromatic N) is 2. The first-order valence-electron chi connectivity index (χ1n) is 8.45. The molecule has 2 aliphatic heterocycles. The summed E-state index contributed by atoms with van der Waals surface area (Å²) in [4.78, 5) is 38.9. The molecule has 0 unspecified atom stereocenters. The van der Waals surface area contributed by atoms with Crippen molar-refractivity contribution in [3.05, 3.63) is 29.8 Å². The first-order valence-corrected chi connectivity index (χ1v) is 8.45. The number of rotatable bonds is 4. The molecule has 26 heavy (non-hydrogen) atoms. The lowest BCUT2D eigenvalue weighted by Gasteiger charge is -2.37. The minimum absolute atomic E-state index is 0.0936. The molecule has 2 heterocycles. The highest BCUT2D eigenvalue weighted by atomic mass is 19.2. The molecule has 2 saturated heterocycles. The molecule has 2 N–H and O–H groups in total. The van der Waals surface area contributed by atoms with Crippen molar-refractivity contribution in [1.29, 1.82) is 0 Å². The molecule has 0 saturated carbocycles. The van der Waals surface area contributed by atoms with Crippen LogP contribution in [0.25, 0.3) is 0 Å². The first kappa shape index (κ1) is 18.1. The van der Waals surface area contributed by atoms with E-state index in [0.29, 0.717) is 31.9 Å². The molecule has 4 amide bonds. The summed E-state index contributed by atoms with van der Waals surface area (Å²) in [6.07, 6.45) is 0.236. The van der Waals surface area contributed by atoms with Crippen LogP contribution in [0.3, 0.4) is 0 Å². The SMILES string of the molecule is C[C@@H](C[C@H]1NC(=O)NC1=O)C(=O)N1CCN(c2ccc(F)c(F)c2)CC1. The zero-order valence-corrected chi connectivity index (χ0v) is 14.3. The van der Waals surface area contributed by atoms with Gasteiger partial charge in [-0.15, -0.1) is 0 Å². The molecule has 0 aromatic heterocycles. The predicted octanol–water partition coefficient (Wildman–Crippen LogP) is 0.848. The minimum Gasteiger partial charge on any atom is -0.368 e. The van der Waals surface area contributed by atoms with Crippen molar-refractivity contribution >= 4 is 23.5 Å². The van der Waals surface area contributed by atoms with Crippen LogP contribution in [0, 0.1) is 17.6 Å². The predicted molar refractivity (Wildman–Crippen MR) is 89.4 cm³/mol. The maximum absolute atomic E-state index is 13.4. The molecule has 3 rings (SSSR count). The van der Waals surface area contributed by atoms with Gasteiger partial charge in [0.1, 0.15) is 6.04 Å². The average Bonchev–Trinajstić information content (AvgIpc) is 2.94. The number of amides is 4. The molecule has 1 aromatic carbocycles. The number of halogens is 2. The van der Waals surface area contributed by atoms with Gasteiger partial charge in [-0.2, -0.15) is 0 Å². The zero-order valence-electron chi connectivity index (χ0n) is 14.3. The Morgan fingerprint density at radius 1 is 1.19 bits per heavy atom. The molecule has 9 heteroatoms. The third-order valence-corrected chi connectivity index (χ3v) is 4.73. The summed E-state index contributed by atoms with van der Waals surface area (Å²) in [6, 6.07) is 2.52. The molecule has 0 aliphatic carbocycles. The number of hydrogen-bond acceptors (Lipinski definition) is 4. The number of nitrogens with one attached hydrogen (secondary N) is 2. The van der Waals surface area contributed by atoms with Crippen molar-refractivity contribution in [3.8, 4) is 0 Å². The number of benzene rings is 1. The molecular formula is C17H20F2N4O3. The Kier molecular flexibility index (Phi) is 5.06. The minimum atomic E-state index is -0.897. The summed E-state index contributed by atoms with van der Waals surface area (Å²) >= 11 is 0. The summed E-state index contributed by atoms with van der Waals surface area (Å²) in [5, 5.41) is 4.63. The molecule has 2 aliphatic rings. The molecule has 0 radical (unpaired) electrons. The van der Waals surface area contributed by atoms with E-state index in [0.717, 1.165) is 12.1 Å². The van der Waals surface area contributed by atoms with Gasteiger partial charge in [0.25, 0.3) is 5.91 Å². The van der Waals surface area contributed by atoms with E-state index in [9.17, 15) is 23.2 Å². The van der Waals surface area contributed by atoms with Crippen LogP contribution in [0.4, 0.5) is 19.3 Å². The van der Waals surface area contributed by atoms with Gasteiger partial charge in [-0.25, -0.2) is 13.6 Å². The number of piperazine rings is 1. The Hall–Kier alpha value is -2.71. The highest BCUT2D eigenvalue weighted by molar-refractivity contribution is 6.04. The van der Waals surface area contributed by atoms with Crippen LogP contribution >= 0.6 is 0 Å². The Morgan fingerprint density at radius 2 is 1.88 bits per heavy atom. The number of urea groups is 1. The zero-order chi connectivity index (χ0) is 18.8. The van der Waals surface area contributed by atoms with Gasteiger partial charge in [-0.3, -0.25) is 14.9 Å². The highest BCUT2D eigenvalue weighted by Gasteiger charge is 2.34. The Morgan fingerprint density at radius 3 is 2.46 bits per heavy atom. The van der Waals surface area contributed by atoms with Crippen LogP contribution in [0.2, 0.25) is 0 Å². The van der Waals surface area contributed by atoms with E-state index in [1.807, 2.05) is 4.90 Å². The molecule has 1 aromatic rings. The first-order chi connectivity index (χ1) is 12.3. The number of anilines is 1.